The second-order valence-corrected chi connectivity index (χ2v) is 12.4. The fourth-order valence-electron chi connectivity index (χ4n) is 6.02. The lowest BCUT2D eigenvalue weighted by molar-refractivity contribution is -0.145. The zero-order valence-corrected chi connectivity index (χ0v) is 29.3. The maximum atomic E-state index is 13.7. The molecule has 0 bridgehead atoms. The summed E-state index contributed by atoms with van der Waals surface area (Å²) in [7, 11) is 1.22. The van der Waals surface area contributed by atoms with Crippen LogP contribution in [0.1, 0.15) is 50.8 Å². The highest BCUT2D eigenvalue weighted by Crippen LogP contribution is 2.27. The van der Waals surface area contributed by atoms with E-state index in [1.54, 1.807) is 29.6 Å². The predicted molar refractivity (Wildman–Crippen MR) is 191 cm³/mol. The lowest BCUT2D eigenvalue weighted by Crippen LogP contribution is -2.54. The summed E-state index contributed by atoms with van der Waals surface area (Å²) in [5.74, 6) is -1.00. The largest absolute Gasteiger partial charge is 0.467 e. The number of nitrogens with zero attached hydrogens (tertiary/aromatic N) is 5. The molecule has 0 fully saturated rings. The first-order valence-corrected chi connectivity index (χ1v) is 16.6. The number of rotatable bonds is 16. The van der Waals surface area contributed by atoms with Crippen molar-refractivity contribution in [3.8, 4) is 6.07 Å². The summed E-state index contributed by atoms with van der Waals surface area (Å²) in [5.41, 5.74) is 2.51. The summed E-state index contributed by atoms with van der Waals surface area (Å²) in [6, 6.07) is 22.0. The number of amides is 3. The van der Waals surface area contributed by atoms with Gasteiger partial charge in [0.15, 0.2) is 0 Å². The molecule has 3 atom stereocenters. The van der Waals surface area contributed by atoms with Crippen LogP contribution in [0.15, 0.2) is 79.3 Å². The van der Waals surface area contributed by atoms with Gasteiger partial charge in [-0.3, -0.25) is 24.2 Å². The number of carbonyl (C=O) groups is 4. The Balaban J connectivity index is 1.69. The lowest BCUT2D eigenvalue weighted by Gasteiger charge is -2.38. The fourth-order valence-corrected chi connectivity index (χ4v) is 6.02. The molecular weight excluding hydrogens is 634 g/mol. The van der Waals surface area contributed by atoms with Crippen molar-refractivity contribution < 1.29 is 23.9 Å². The molecule has 0 radical (unpaired) electrons. The van der Waals surface area contributed by atoms with Gasteiger partial charge in [0.2, 0.25) is 17.7 Å². The number of nitrogens with one attached hydrogen (secondary N) is 2. The third kappa shape index (κ3) is 9.76. The van der Waals surface area contributed by atoms with Gasteiger partial charge in [0.25, 0.3) is 0 Å². The van der Waals surface area contributed by atoms with Crippen molar-refractivity contribution >= 4 is 40.3 Å². The first-order valence-electron chi connectivity index (χ1n) is 16.6. The molecule has 0 aliphatic carbocycles. The minimum Gasteiger partial charge on any atom is -0.467 e. The van der Waals surface area contributed by atoms with Crippen LogP contribution >= 0.6 is 0 Å². The molecule has 262 valence electrons. The molecule has 0 aliphatic rings. The standard InChI is InChI=1S/C38H45N7O5/c1-6-26(2)35(45(28(4)47)37-20-40-25-44(37)21-30-16-14-29(18-39)15-17-30)23-43(22-32-12-9-11-31-10-7-8-13-33(31)32)24-36(48)42-34(38(49)50-5)19-41-27(3)46/h7-17,20,25-26,34-35H,6,19,21-24H2,1-5H3,(H,41,46)(H,42,48)/t26-,34-,35+/m0/s1. The Kier molecular flexibility index (Phi) is 13.2. The average molecular weight is 680 g/mol. The van der Waals surface area contributed by atoms with Crippen LogP contribution in [-0.4, -0.2) is 77.0 Å². The summed E-state index contributed by atoms with van der Waals surface area (Å²) in [4.78, 5) is 59.5. The van der Waals surface area contributed by atoms with Gasteiger partial charge in [0.1, 0.15) is 11.9 Å². The molecule has 0 saturated carbocycles. The molecule has 3 aromatic carbocycles. The Morgan fingerprint density at radius 3 is 2.40 bits per heavy atom. The van der Waals surface area contributed by atoms with Gasteiger partial charge in [-0.1, -0.05) is 74.9 Å². The molecule has 0 aliphatic heterocycles. The molecule has 2 N–H and O–H groups in total. The van der Waals surface area contributed by atoms with E-state index in [1.807, 2.05) is 64.1 Å². The van der Waals surface area contributed by atoms with E-state index in [1.165, 1.54) is 21.0 Å². The van der Waals surface area contributed by atoms with Crippen molar-refractivity contribution in [3.63, 3.8) is 0 Å². The van der Waals surface area contributed by atoms with E-state index in [-0.39, 0.29) is 36.9 Å². The maximum Gasteiger partial charge on any atom is 0.330 e. The van der Waals surface area contributed by atoms with Crippen LogP contribution in [0.3, 0.4) is 0 Å². The van der Waals surface area contributed by atoms with Crippen LogP contribution < -0.4 is 15.5 Å². The smallest absolute Gasteiger partial charge is 0.330 e. The first-order chi connectivity index (χ1) is 24.0. The first kappa shape index (κ1) is 37.3. The number of nitriles is 1. The SMILES string of the molecule is CC[C@H](C)[C@@H](CN(CC(=O)N[C@@H](CNC(C)=O)C(=O)OC)Cc1cccc2ccccc12)N(C(C)=O)c1cncn1Cc1ccc(C#N)cc1. The molecule has 0 saturated heterocycles. The van der Waals surface area contributed by atoms with Crippen LogP contribution in [0, 0.1) is 17.2 Å². The van der Waals surface area contributed by atoms with Gasteiger partial charge >= 0.3 is 5.97 Å². The van der Waals surface area contributed by atoms with Crippen molar-refractivity contribution in [1.29, 1.82) is 5.26 Å². The van der Waals surface area contributed by atoms with Crippen molar-refractivity contribution in [1.82, 2.24) is 25.1 Å². The third-order valence-corrected chi connectivity index (χ3v) is 8.81. The van der Waals surface area contributed by atoms with Crippen molar-refractivity contribution in [2.24, 2.45) is 5.92 Å². The van der Waals surface area contributed by atoms with E-state index in [4.69, 9.17) is 4.74 Å². The number of methoxy groups -OCH3 is 1. The molecule has 12 heteroatoms. The molecule has 4 aromatic rings. The number of ether oxygens (including phenoxy) is 1. The Labute approximate surface area is 293 Å². The third-order valence-electron chi connectivity index (χ3n) is 8.81. The van der Waals surface area contributed by atoms with Crippen LogP contribution in [0.2, 0.25) is 0 Å². The summed E-state index contributed by atoms with van der Waals surface area (Å²) >= 11 is 0. The van der Waals surface area contributed by atoms with E-state index in [0.29, 0.717) is 31.0 Å². The maximum absolute atomic E-state index is 13.7. The van der Waals surface area contributed by atoms with Gasteiger partial charge < -0.3 is 19.9 Å². The topological polar surface area (TPSA) is 150 Å². The zero-order valence-electron chi connectivity index (χ0n) is 29.3. The number of hydrogen-bond donors (Lipinski definition) is 2. The number of esters is 1. The van der Waals surface area contributed by atoms with E-state index in [0.717, 1.165) is 28.3 Å². The van der Waals surface area contributed by atoms with Gasteiger partial charge in [-0.05, 0) is 39.9 Å². The molecule has 50 heavy (non-hydrogen) atoms. The monoisotopic (exact) mass is 679 g/mol. The molecule has 12 nitrogen and oxygen atoms in total. The number of carbonyl (C=O) groups excluding carboxylic acids is 4. The minimum absolute atomic E-state index is 0.0119. The summed E-state index contributed by atoms with van der Waals surface area (Å²) in [5, 5.41) is 16.6. The Morgan fingerprint density at radius 1 is 1.02 bits per heavy atom. The Morgan fingerprint density at radius 2 is 1.74 bits per heavy atom. The second-order valence-electron chi connectivity index (χ2n) is 12.4. The molecule has 3 amide bonds. The predicted octanol–water partition coefficient (Wildman–Crippen LogP) is 4.02. The highest BCUT2D eigenvalue weighted by Gasteiger charge is 2.32. The van der Waals surface area contributed by atoms with Crippen LogP contribution in [0.4, 0.5) is 5.82 Å². The molecule has 4 rings (SSSR count). The Bertz CT molecular complexity index is 1830. The zero-order chi connectivity index (χ0) is 36.2. The molecule has 1 aromatic heterocycles. The van der Waals surface area contributed by atoms with Gasteiger partial charge in [-0.2, -0.15) is 5.26 Å². The summed E-state index contributed by atoms with van der Waals surface area (Å²) < 4.78 is 6.79. The minimum atomic E-state index is -1.08. The van der Waals surface area contributed by atoms with Crippen molar-refractivity contribution in [2.45, 2.75) is 59.3 Å². The Hall–Kier alpha value is -5.54. The number of imidazole rings is 1. The normalized spacial score (nSPS) is 12.8. The molecule has 1 heterocycles. The van der Waals surface area contributed by atoms with E-state index < -0.39 is 17.9 Å². The van der Waals surface area contributed by atoms with Gasteiger partial charge in [-0.15, -0.1) is 0 Å². The highest BCUT2D eigenvalue weighted by molar-refractivity contribution is 5.91. The lowest BCUT2D eigenvalue weighted by atomic mass is 9.96. The average Bonchev–Trinajstić information content (AvgIpc) is 3.56. The van der Waals surface area contributed by atoms with E-state index >= 15 is 0 Å². The second kappa shape index (κ2) is 17.7. The number of benzene rings is 3. The highest BCUT2D eigenvalue weighted by atomic mass is 16.5. The van der Waals surface area contributed by atoms with Crippen LogP contribution in [-0.2, 0) is 37.0 Å². The number of fused-ring (bicyclic) bond motifs is 1. The van der Waals surface area contributed by atoms with E-state index in [9.17, 15) is 24.4 Å². The number of anilines is 1. The van der Waals surface area contributed by atoms with Gasteiger partial charge in [0, 0.05) is 33.5 Å². The number of aromatic nitrogens is 2. The summed E-state index contributed by atoms with van der Waals surface area (Å²) in [6.45, 7) is 7.92. The molecule has 0 unspecified atom stereocenters. The van der Waals surface area contributed by atoms with Gasteiger partial charge in [0.05, 0.1) is 50.4 Å². The van der Waals surface area contributed by atoms with Crippen molar-refractivity contribution in [2.75, 3.05) is 31.6 Å². The fraction of sp³-hybridized carbons (Fsp3) is 0.368. The number of hydrogen-bond acceptors (Lipinski definition) is 8. The summed E-state index contributed by atoms with van der Waals surface area (Å²) in [6.07, 6.45) is 4.11. The quantitative estimate of drug-likeness (QED) is 0.169. The van der Waals surface area contributed by atoms with E-state index in [2.05, 4.69) is 35.5 Å². The molecular formula is C38H45N7O5. The van der Waals surface area contributed by atoms with Crippen molar-refractivity contribution in [3.05, 3.63) is 95.9 Å². The van der Waals surface area contributed by atoms with Gasteiger partial charge in [-0.25, -0.2) is 9.78 Å². The van der Waals surface area contributed by atoms with Crippen LogP contribution in [0.25, 0.3) is 10.8 Å². The molecule has 0 spiro atoms. The van der Waals surface area contributed by atoms with Crippen LogP contribution in [0.5, 0.6) is 0 Å².